The zero-order valence-corrected chi connectivity index (χ0v) is 13.0. The molecule has 0 amide bonds. The van der Waals surface area contributed by atoms with Gasteiger partial charge in [-0.15, -0.1) is 0 Å². The molecule has 2 nitrogen and oxygen atoms in total. The maximum atomic E-state index is 6.25. The fraction of sp³-hybridized carbons (Fsp3) is 0.312. The van der Waals surface area contributed by atoms with E-state index in [0.717, 1.165) is 35.7 Å². The quantitative estimate of drug-likeness (QED) is 0.867. The van der Waals surface area contributed by atoms with Crippen LogP contribution < -0.4 is 5.32 Å². The monoisotopic (exact) mass is 308 g/mol. The van der Waals surface area contributed by atoms with Crippen LogP contribution in [0, 0.1) is 0 Å². The lowest BCUT2D eigenvalue weighted by atomic mass is 10.0. The van der Waals surface area contributed by atoms with Crippen molar-refractivity contribution in [1.29, 1.82) is 0 Å². The van der Waals surface area contributed by atoms with E-state index in [1.165, 1.54) is 0 Å². The molecule has 1 unspecified atom stereocenters. The van der Waals surface area contributed by atoms with E-state index in [0.29, 0.717) is 11.1 Å². The molecule has 1 N–H and O–H groups in total. The van der Waals surface area contributed by atoms with Crippen LogP contribution in [0.5, 0.6) is 0 Å². The number of nitrogens with one attached hydrogen (secondary N) is 1. The molecule has 0 aliphatic rings. The molecule has 1 atom stereocenters. The first-order chi connectivity index (χ1) is 9.69. The summed E-state index contributed by atoms with van der Waals surface area (Å²) in [5.74, 6) is 0. The van der Waals surface area contributed by atoms with Crippen LogP contribution in [0.15, 0.2) is 42.6 Å². The Morgan fingerprint density at radius 3 is 2.65 bits per heavy atom. The van der Waals surface area contributed by atoms with E-state index in [4.69, 9.17) is 23.2 Å². The number of halogens is 2. The molecule has 0 aliphatic heterocycles. The molecular formula is C16H18Cl2N2. The molecular weight excluding hydrogens is 291 g/mol. The second-order valence-electron chi connectivity index (χ2n) is 4.72. The Morgan fingerprint density at radius 2 is 2.00 bits per heavy atom. The molecule has 106 valence electrons. The fourth-order valence-electron chi connectivity index (χ4n) is 2.23. The molecule has 0 aliphatic carbocycles. The zero-order chi connectivity index (χ0) is 14.4. The van der Waals surface area contributed by atoms with Crippen LogP contribution in [0.4, 0.5) is 0 Å². The SMILES string of the molecule is CCNC(Cc1ccccn1)Cc1ccc(Cl)cc1Cl. The number of rotatable bonds is 6. The number of nitrogens with zero attached hydrogens (tertiary/aromatic N) is 1. The van der Waals surface area contributed by atoms with Crippen molar-refractivity contribution in [3.8, 4) is 0 Å². The average molecular weight is 309 g/mol. The normalized spacial score (nSPS) is 12.3. The number of likely N-dealkylation sites (N-methyl/N-ethyl adjacent to an activating group) is 1. The van der Waals surface area contributed by atoms with Gasteiger partial charge >= 0.3 is 0 Å². The van der Waals surface area contributed by atoms with Gasteiger partial charge in [-0.1, -0.05) is 42.3 Å². The highest BCUT2D eigenvalue weighted by Crippen LogP contribution is 2.22. The highest BCUT2D eigenvalue weighted by atomic mass is 35.5. The van der Waals surface area contributed by atoms with Crippen LogP contribution in [-0.2, 0) is 12.8 Å². The average Bonchev–Trinajstić information content (AvgIpc) is 2.43. The van der Waals surface area contributed by atoms with Crippen LogP contribution in [0.3, 0.4) is 0 Å². The molecule has 1 aromatic carbocycles. The standard InChI is InChI=1S/C16H18Cl2N2/c1-2-19-15(11-14-5-3-4-8-20-14)9-12-6-7-13(17)10-16(12)18/h3-8,10,15,19H,2,9,11H2,1H3. The van der Waals surface area contributed by atoms with E-state index in [9.17, 15) is 0 Å². The third-order valence-electron chi connectivity index (χ3n) is 3.16. The Bertz CT molecular complexity index is 543. The Kier molecular flexibility index (Phi) is 5.84. The largest absolute Gasteiger partial charge is 0.314 e. The van der Waals surface area contributed by atoms with Gasteiger partial charge in [-0.05, 0) is 42.8 Å². The van der Waals surface area contributed by atoms with Crippen LogP contribution in [-0.4, -0.2) is 17.6 Å². The van der Waals surface area contributed by atoms with Gasteiger partial charge in [0.05, 0.1) is 0 Å². The molecule has 0 spiro atoms. The molecule has 0 radical (unpaired) electrons. The summed E-state index contributed by atoms with van der Waals surface area (Å²) in [6, 6.07) is 12.0. The number of benzene rings is 1. The summed E-state index contributed by atoms with van der Waals surface area (Å²) in [6.45, 7) is 3.03. The molecule has 1 aromatic heterocycles. The van der Waals surface area contributed by atoms with Crippen molar-refractivity contribution in [3.05, 3.63) is 63.9 Å². The summed E-state index contributed by atoms with van der Waals surface area (Å²) in [4.78, 5) is 4.38. The maximum absolute atomic E-state index is 6.25. The van der Waals surface area contributed by atoms with Gasteiger partial charge in [0.15, 0.2) is 0 Å². The molecule has 0 fully saturated rings. The Hall–Kier alpha value is -1.09. The summed E-state index contributed by atoms with van der Waals surface area (Å²) >= 11 is 12.2. The third-order valence-corrected chi connectivity index (χ3v) is 3.74. The van der Waals surface area contributed by atoms with E-state index < -0.39 is 0 Å². The van der Waals surface area contributed by atoms with Gasteiger partial charge in [0.25, 0.3) is 0 Å². The molecule has 2 rings (SSSR count). The molecule has 20 heavy (non-hydrogen) atoms. The second kappa shape index (κ2) is 7.63. The van der Waals surface area contributed by atoms with Crippen LogP contribution in [0.2, 0.25) is 10.0 Å². The Balaban J connectivity index is 2.09. The van der Waals surface area contributed by atoms with E-state index in [1.807, 2.05) is 36.5 Å². The van der Waals surface area contributed by atoms with Crippen LogP contribution in [0.25, 0.3) is 0 Å². The minimum Gasteiger partial charge on any atom is -0.314 e. The minimum atomic E-state index is 0.313. The first kappa shape index (κ1) is 15.3. The molecule has 1 heterocycles. The van der Waals surface area contributed by atoms with Gasteiger partial charge in [-0.3, -0.25) is 4.98 Å². The topological polar surface area (TPSA) is 24.9 Å². The van der Waals surface area contributed by atoms with Gasteiger partial charge in [-0.25, -0.2) is 0 Å². The van der Waals surface area contributed by atoms with Crippen molar-refractivity contribution < 1.29 is 0 Å². The van der Waals surface area contributed by atoms with Gasteiger partial charge < -0.3 is 5.32 Å². The van der Waals surface area contributed by atoms with Crippen molar-refractivity contribution in [3.63, 3.8) is 0 Å². The predicted octanol–water partition coefficient (Wildman–Crippen LogP) is 4.15. The fourth-order valence-corrected chi connectivity index (χ4v) is 2.71. The molecule has 4 heteroatoms. The minimum absolute atomic E-state index is 0.313. The lowest BCUT2D eigenvalue weighted by molar-refractivity contribution is 0.516. The number of hydrogen-bond acceptors (Lipinski definition) is 2. The van der Waals surface area contributed by atoms with E-state index in [1.54, 1.807) is 6.07 Å². The smallest absolute Gasteiger partial charge is 0.0453 e. The lowest BCUT2D eigenvalue weighted by Crippen LogP contribution is -2.33. The number of aromatic nitrogens is 1. The summed E-state index contributed by atoms with van der Waals surface area (Å²) in [5, 5.41) is 4.88. The highest BCUT2D eigenvalue weighted by Gasteiger charge is 2.12. The lowest BCUT2D eigenvalue weighted by Gasteiger charge is -2.18. The summed E-state index contributed by atoms with van der Waals surface area (Å²) < 4.78 is 0. The predicted molar refractivity (Wildman–Crippen MR) is 85.6 cm³/mol. The van der Waals surface area contributed by atoms with Crippen molar-refractivity contribution in [1.82, 2.24) is 10.3 Å². The van der Waals surface area contributed by atoms with Gasteiger partial charge in [-0.2, -0.15) is 0 Å². The van der Waals surface area contributed by atoms with Gasteiger partial charge in [0, 0.05) is 34.4 Å². The van der Waals surface area contributed by atoms with Crippen molar-refractivity contribution in [2.45, 2.75) is 25.8 Å². The van der Waals surface area contributed by atoms with Gasteiger partial charge in [0.1, 0.15) is 0 Å². The summed E-state index contributed by atoms with van der Waals surface area (Å²) in [5.41, 5.74) is 2.20. The van der Waals surface area contributed by atoms with Crippen LogP contribution in [0.1, 0.15) is 18.2 Å². The summed E-state index contributed by atoms with van der Waals surface area (Å²) in [7, 11) is 0. The Labute approximate surface area is 130 Å². The second-order valence-corrected chi connectivity index (χ2v) is 5.56. The van der Waals surface area contributed by atoms with Crippen molar-refractivity contribution in [2.75, 3.05) is 6.54 Å². The third kappa shape index (κ3) is 4.48. The zero-order valence-electron chi connectivity index (χ0n) is 11.4. The highest BCUT2D eigenvalue weighted by molar-refractivity contribution is 6.35. The van der Waals surface area contributed by atoms with Crippen LogP contribution >= 0.6 is 23.2 Å². The van der Waals surface area contributed by atoms with E-state index in [2.05, 4.69) is 17.2 Å². The van der Waals surface area contributed by atoms with E-state index in [-0.39, 0.29) is 0 Å². The number of hydrogen-bond donors (Lipinski definition) is 1. The van der Waals surface area contributed by atoms with Crippen molar-refractivity contribution >= 4 is 23.2 Å². The first-order valence-corrected chi connectivity index (χ1v) is 7.52. The number of pyridine rings is 1. The van der Waals surface area contributed by atoms with Crippen molar-refractivity contribution in [2.24, 2.45) is 0 Å². The maximum Gasteiger partial charge on any atom is 0.0453 e. The first-order valence-electron chi connectivity index (χ1n) is 6.76. The van der Waals surface area contributed by atoms with E-state index >= 15 is 0 Å². The summed E-state index contributed by atoms with van der Waals surface area (Å²) in [6.07, 6.45) is 3.57. The molecule has 0 saturated carbocycles. The van der Waals surface area contributed by atoms with Gasteiger partial charge in [0.2, 0.25) is 0 Å². The molecule has 2 aromatic rings. The molecule has 0 saturated heterocycles. The Morgan fingerprint density at radius 1 is 1.15 bits per heavy atom. The molecule has 0 bridgehead atoms.